The van der Waals surface area contributed by atoms with Crippen LogP contribution in [0, 0.1) is 12.7 Å². The maximum Gasteiger partial charge on any atom is 0.194 e. The van der Waals surface area contributed by atoms with Crippen LogP contribution < -0.4 is 10.2 Å². The first-order valence-corrected chi connectivity index (χ1v) is 9.70. The molecule has 0 saturated carbocycles. The number of para-hydroxylation sites is 1. The number of halogens is 1. The number of aromatic amines is 1. The van der Waals surface area contributed by atoms with E-state index < -0.39 is 0 Å². The summed E-state index contributed by atoms with van der Waals surface area (Å²) in [5.41, 5.74) is 3.08. The maximum absolute atomic E-state index is 14.0. The molecule has 1 saturated heterocycles. The van der Waals surface area contributed by atoms with Gasteiger partial charge in [-0.3, -0.25) is 10.1 Å². The molecule has 1 aromatic heterocycles. The lowest BCUT2D eigenvalue weighted by Crippen LogP contribution is -2.52. The van der Waals surface area contributed by atoms with E-state index in [1.807, 2.05) is 25.3 Å². The van der Waals surface area contributed by atoms with Gasteiger partial charge in [0.25, 0.3) is 0 Å². The quantitative estimate of drug-likeness (QED) is 0.465. The highest BCUT2D eigenvalue weighted by molar-refractivity contribution is 5.80. The second-order valence-electron chi connectivity index (χ2n) is 6.78. The Bertz CT molecular complexity index is 748. The number of benzene rings is 1. The van der Waals surface area contributed by atoms with Crippen molar-refractivity contribution in [2.24, 2.45) is 4.99 Å². The number of rotatable bonds is 6. The van der Waals surface area contributed by atoms with Crippen LogP contribution >= 0.6 is 0 Å². The number of H-pyrrole nitrogens is 1. The Hall–Kier alpha value is -2.57. The van der Waals surface area contributed by atoms with Crippen LogP contribution in [0.3, 0.4) is 0 Å². The molecule has 0 radical (unpaired) electrons. The number of aliphatic imine (C=N–C) groups is 1. The molecule has 0 aliphatic carbocycles. The molecule has 0 amide bonds. The van der Waals surface area contributed by atoms with E-state index in [0.29, 0.717) is 5.69 Å². The summed E-state index contributed by atoms with van der Waals surface area (Å²) < 4.78 is 14.0. The fourth-order valence-corrected chi connectivity index (χ4v) is 3.38. The fourth-order valence-electron chi connectivity index (χ4n) is 3.38. The molecular weight excluding hydrogens is 343 g/mol. The monoisotopic (exact) mass is 372 g/mol. The van der Waals surface area contributed by atoms with Crippen LogP contribution in [0.5, 0.6) is 0 Å². The molecule has 146 valence electrons. The molecule has 0 unspecified atom stereocenters. The molecule has 27 heavy (non-hydrogen) atoms. The molecule has 2 N–H and O–H groups in total. The van der Waals surface area contributed by atoms with Crippen molar-refractivity contribution in [3.05, 3.63) is 47.5 Å². The third kappa shape index (κ3) is 4.99. The molecule has 0 bridgehead atoms. The Morgan fingerprint density at radius 3 is 2.70 bits per heavy atom. The van der Waals surface area contributed by atoms with Crippen LogP contribution in [0.25, 0.3) is 0 Å². The third-order valence-electron chi connectivity index (χ3n) is 4.91. The lowest BCUT2D eigenvalue weighted by atomic mass is 10.1. The van der Waals surface area contributed by atoms with Crippen molar-refractivity contribution in [1.29, 1.82) is 0 Å². The molecular formula is C20H29FN6. The lowest BCUT2D eigenvalue weighted by molar-refractivity contribution is 0.370. The van der Waals surface area contributed by atoms with Gasteiger partial charge in [-0.25, -0.2) is 4.39 Å². The Morgan fingerprint density at radius 2 is 2.04 bits per heavy atom. The van der Waals surface area contributed by atoms with E-state index in [1.54, 1.807) is 6.07 Å². The average Bonchev–Trinajstić information content (AvgIpc) is 3.10. The van der Waals surface area contributed by atoms with E-state index in [4.69, 9.17) is 4.99 Å². The van der Waals surface area contributed by atoms with Crippen molar-refractivity contribution in [2.45, 2.75) is 26.7 Å². The molecule has 6 nitrogen and oxygen atoms in total. The number of piperazine rings is 1. The summed E-state index contributed by atoms with van der Waals surface area (Å²) in [4.78, 5) is 9.17. The van der Waals surface area contributed by atoms with Gasteiger partial charge in [0.15, 0.2) is 5.96 Å². The molecule has 7 heteroatoms. The molecule has 1 fully saturated rings. The summed E-state index contributed by atoms with van der Waals surface area (Å²) in [5, 5.41) is 10.4. The number of hydrogen-bond acceptors (Lipinski definition) is 3. The third-order valence-corrected chi connectivity index (χ3v) is 4.91. The predicted octanol–water partition coefficient (Wildman–Crippen LogP) is 2.58. The topological polar surface area (TPSA) is 59.6 Å². The summed E-state index contributed by atoms with van der Waals surface area (Å²) in [6.45, 7) is 9.00. The predicted molar refractivity (Wildman–Crippen MR) is 108 cm³/mol. The molecule has 3 rings (SSSR count). The van der Waals surface area contributed by atoms with E-state index in [1.165, 1.54) is 11.6 Å². The van der Waals surface area contributed by atoms with Gasteiger partial charge in [-0.2, -0.15) is 5.10 Å². The zero-order valence-corrected chi connectivity index (χ0v) is 16.2. The van der Waals surface area contributed by atoms with Crippen LogP contribution in [-0.2, 0) is 6.42 Å². The lowest BCUT2D eigenvalue weighted by Gasteiger charge is -2.37. The van der Waals surface area contributed by atoms with Gasteiger partial charge in [0.1, 0.15) is 5.82 Å². The van der Waals surface area contributed by atoms with Crippen LogP contribution in [0.4, 0.5) is 10.1 Å². The van der Waals surface area contributed by atoms with E-state index in [0.717, 1.165) is 63.8 Å². The van der Waals surface area contributed by atoms with Crippen molar-refractivity contribution >= 4 is 11.6 Å². The first-order valence-electron chi connectivity index (χ1n) is 9.70. The Labute approximate surface area is 160 Å². The maximum atomic E-state index is 14.0. The van der Waals surface area contributed by atoms with E-state index in [-0.39, 0.29) is 5.82 Å². The van der Waals surface area contributed by atoms with Crippen molar-refractivity contribution < 1.29 is 4.39 Å². The number of aromatic nitrogens is 2. The average molecular weight is 372 g/mol. The molecule has 2 heterocycles. The number of aryl methyl sites for hydroxylation is 2. The highest BCUT2D eigenvalue weighted by Gasteiger charge is 2.21. The number of nitrogens with one attached hydrogen (secondary N) is 2. The minimum absolute atomic E-state index is 0.152. The largest absolute Gasteiger partial charge is 0.366 e. The van der Waals surface area contributed by atoms with Crippen molar-refractivity contribution in [3.63, 3.8) is 0 Å². The molecule has 0 spiro atoms. The second kappa shape index (κ2) is 9.39. The van der Waals surface area contributed by atoms with Crippen molar-refractivity contribution in [1.82, 2.24) is 20.4 Å². The van der Waals surface area contributed by atoms with Crippen molar-refractivity contribution in [2.75, 3.05) is 44.2 Å². The van der Waals surface area contributed by atoms with Gasteiger partial charge < -0.3 is 15.1 Å². The van der Waals surface area contributed by atoms with Crippen LogP contribution in [0.15, 0.2) is 35.5 Å². The van der Waals surface area contributed by atoms with Gasteiger partial charge in [0.05, 0.1) is 11.9 Å². The SMILES string of the molecule is CCNC(=NCCCc1cn[nH]c1C)N1CCN(c2ccccc2F)CC1. The molecule has 2 aromatic rings. The zero-order chi connectivity index (χ0) is 19.1. The standard InChI is InChI=1S/C20H29FN6/c1-3-22-20(23-10-6-7-17-15-24-25-16(17)2)27-13-11-26(12-14-27)19-9-5-4-8-18(19)21/h4-5,8-9,15H,3,6-7,10-14H2,1-2H3,(H,22,23)(H,24,25). The summed E-state index contributed by atoms with van der Waals surface area (Å²) in [5.74, 6) is 0.802. The fraction of sp³-hybridized carbons (Fsp3) is 0.500. The van der Waals surface area contributed by atoms with Crippen LogP contribution in [-0.4, -0.2) is 60.3 Å². The van der Waals surface area contributed by atoms with E-state index >= 15 is 0 Å². The minimum Gasteiger partial charge on any atom is -0.366 e. The van der Waals surface area contributed by atoms with Crippen LogP contribution in [0.2, 0.25) is 0 Å². The number of hydrogen-bond donors (Lipinski definition) is 2. The first kappa shape index (κ1) is 19.2. The van der Waals surface area contributed by atoms with E-state index in [2.05, 4.69) is 32.2 Å². The van der Waals surface area contributed by atoms with Gasteiger partial charge in [-0.15, -0.1) is 0 Å². The normalized spacial score (nSPS) is 15.3. The molecule has 1 aromatic carbocycles. The Balaban J connectivity index is 1.53. The highest BCUT2D eigenvalue weighted by Crippen LogP contribution is 2.20. The zero-order valence-electron chi connectivity index (χ0n) is 16.2. The molecule has 1 aliphatic heterocycles. The van der Waals surface area contributed by atoms with Gasteiger partial charge >= 0.3 is 0 Å². The molecule has 1 aliphatic rings. The smallest absolute Gasteiger partial charge is 0.194 e. The summed E-state index contributed by atoms with van der Waals surface area (Å²) in [6.07, 6.45) is 3.86. The minimum atomic E-state index is -0.152. The van der Waals surface area contributed by atoms with Gasteiger partial charge in [-0.1, -0.05) is 12.1 Å². The van der Waals surface area contributed by atoms with Gasteiger partial charge in [-0.05, 0) is 44.4 Å². The van der Waals surface area contributed by atoms with Gasteiger partial charge in [0, 0.05) is 45.0 Å². The summed E-state index contributed by atoms with van der Waals surface area (Å²) >= 11 is 0. The van der Waals surface area contributed by atoms with Crippen LogP contribution in [0.1, 0.15) is 24.6 Å². The number of anilines is 1. The number of guanidine groups is 1. The Kier molecular flexibility index (Phi) is 6.68. The molecule has 0 atom stereocenters. The second-order valence-corrected chi connectivity index (χ2v) is 6.78. The van der Waals surface area contributed by atoms with Crippen molar-refractivity contribution in [3.8, 4) is 0 Å². The summed E-state index contributed by atoms with van der Waals surface area (Å²) in [6, 6.07) is 6.99. The van der Waals surface area contributed by atoms with Gasteiger partial charge in [0.2, 0.25) is 0 Å². The number of nitrogens with zero attached hydrogens (tertiary/aromatic N) is 4. The van der Waals surface area contributed by atoms with E-state index in [9.17, 15) is 4.39 Å². The Morgan fingerprint density at radius 1 is 1.26 bits per heavy atom. The highest BCUT2D eigenvalue weighted by atomic mass is 19.1. The first-order chi connectivity index (χ1) is 13.2. The summed E-state index contributed by atoms with van der Waals surface area (Å²) in [7, 11) is 0.